The van der Waals surface area contributed by atoms with Gasteiger partial charge in [0.2, 0.25) is 10.0 Å². The molecule has 1 aromatic rings. The number of hydrogen-bond donors (Lipinski definition) is 2. The van der Waals surface area contributed by atoms with E-state index in [0.29, 0.717) is 12.5 Å². The topological polar surface area (TPSA) is 72.2 Å². The largest absolute Gasteiger partial charge is 0.416 e. The van der Waals surface area contributed by atoms with Crippen LogP contribution in [0, 0.1) is 6.92 Å². The van der Waals surface area contributed by atoms with Crippen molar-refractivity contribution in [3.8, 4) is 0 Å². The molecule has 0 heterocycles. The fraction of sp³-hybridized carbons (Fsp3) is 0.500. The number of nitrogens with one attached hydrogen (secondary N) is 1. The third kappa shape index (κ3) is 4.51. The molecule has 2 rings (SSSR count). The molecule has 1 aliphatic carbocycles. The minimum Gasteiger partial charge on any atom is -0.398 e. The van der Waals surface area contributed by atoms with E-state index >= 15 is 0 Å². The summed E-state index contributed by atoms with van der Waals surface area (Å²) in [6.45, 7) is 1.55. The number of nitrogen functional groups attached to an aromatic ring is 1. The Hall–Kier alpha value is -1.54. The van der Waals surface area contributed by atoms with Gasteiger partial charge in [0.05, 0.1) is 10.5 Å². The molecule has 0 aliphatic heterocycles. The van der Waals surface area contributed by atoms with E-state index in [4.69, 9.17) is 5.73 Å². The lowest BCUT2D eigenvalue weighted by Gasteiger charge is -2.16. The van der Waals surface area contributed by atoms with Gasteiger partial charge in [0.25, 0.3) is 0 Å². The molecule has 0 saturated heterocycles. The van der Waals surface area contributed by atoms with Gasteiger partial charge in [-0.05, 0) is 56.7 Å². The molecule has 1 aromatic carbocycles. The van der Waals surface area contributed by atoms with Crippen molar-refractivity contribution in [2.75, 3.05) is 12.3 Å². The molecule has 0 saturated carbocycles. The van der Waals surface area contributed by atoms with Crippen molar-refractivity contribution in [3.05, 3.63) is 34.9 Å². The maximum absolute atomic E-state index is 12.9. The quantitative estimate of drug-likeness (QED) is 0.619. The van der Waals surface area contributed by atoms with Crippen molar-refractivity contribution in [1.82, 2.24) is 4.72 Å². The first kappa shape index (κ1) is 18.8. The lowest BCUT2D eigenvalue weighted by atomic mass is 9.97. The van der Waals surface area contributed by atoms with Crippen LogP contribution in [0.5, 0.6) is 0 Å². The van der Waals surface area contributed by atoms with Crippen LogP contribution in [0.1, 0.15) is 43.2 Å². The number of hydrogen-bond acceptors (Lipinski definition) is 3. The Morgan fingerprint density at radius 1 is 1.25 bits per heavy atom. The smallest absolute Gasteiger partial charge is 0.398 e. The number of alkyl halides is 3. The van der Waals surface area contributed by atoms with Gasteiger partial charge in [-0.25, -0.2) is 13.1 Å². The number of anilines is 1. The summed E-state index contributed by atoms with van der Waals surface area (Å²) in [4.78, 5) is -0.424. The molecule has 0 bridgehead atoms. The summed E-state index contributed by atoms with van der Waals surface area (Å²) in [6.07, 6.45) is 2.17. The third-order valence-corrected chi connectivity index (χ3v) is 5.73. The molecule has 3 N–H and O–H groups in total. The second-order valence-electron chi connectivity index (χ2n) is 5.94. The molecule has 0 aromatic heterocycles. The maximum atomic E-state index is 12.9. The number of sulfonamides is 1. The van der Waals surface area contributed by atoms with Gasteiger partial charge in [-0.15, -0.1) is 0 Å². The van der Waals surface area contributed by atoms with E-state index in [2.05, 4.69) is 10.8 Å². The highest BCUT2D eigenvalue weighted by atomic mass is 32.2. The Kier molecular flexibility index (Phi) is 5.59. The summed E-state index contributed by atoms with van der Waals surface area (Å²) >= 11 is 0. The summed E-state index contributed by atoms with van der Waals surface area (Å²) in [5.41, 5.74) is 5.60. The first-order chi connectivity index (χ1) is 11.1. The van der Waals surface area contributed by atoms with Gasteiger partial charge in [0, 0.05) is 12.2 Å². The number of benzene rings is 1. The zero-order valence-corrected chi connectivity index (χ0v) is 14.2. The fourth-order valence-electron chi connectivity index (χ4n) is 2.71. The van der Waals surface area contributed by atoms with Crippen LogP contribution in [0.3, 0.4) is 0 Å². The minimum atomic E-state index is -4.65. The van der Waals surface area contributed by atoms with E-state index in [1.807, 2.05) is 0 Å². The van der Waals surface area contributed by atoms with Crippen LogP contribution in [-0.4, -0.2) is 15.0 Å². The number of rotatable bonds is 5. The number of allylic oxidation sites excluding steroid dienone is 1. The molecular weight excluding hydrogens is 341 g/mol. The van der Waals surface area contributed by atoms with E-state index in [-0.39, 0.29) is 17.8 Å². The Bertz CT molecular complexity index is 740. The number of nitrogens with two attached hydrogens (primary N) is 1. The Labute approximate surface area is 140 Å². The van der Waals surface area contributed by atoms with Gasteiger partial charge in [-0.2, -0.15) is 13.2 Å². The van der Waals surface area contributed by atoms with Crippen molar-refractivity contribution in [2.24, 2.45) is 0 Å². The fourth-order valence-corrected chi connectivity index (χ4v) is 4.04. The van der Waals surface area contributed by atoms with Crippen LogP contribution in [0.4, 0.5) is 18.9 Å². The molecular formula is C16H21F3N2O2S. The van der Waals surface area contributed by atoms with Gasteiger partial charge in [0.1, 0.15) is 0 Å². The molecule has 24 heavy (non-hydrogen) atoms. The van der Waals surface area contributed by atoms with Gasteiger partial charge in [-0.3, -0.25) is 0 Å². The summed E-state index contributed by atoms with van der Waals surface area (Å²) < 4.78 is 65.8. The molecule has 0 atom stereocenters. The highest BCUT2D eigenvalue weighted by Gasteiger charge is 2.33. The highest BCUT2D eigenvalue weighted by Crippen LogP contribution is 2.34. The first-order valence-corrected chi connectivity index (χ1v) is 9.24. The van der Waals surface area contributed by atoms with E-state index in [1.54, 1.807) is 0 Å². The lowest BCUT2D eigenvalue weighted by Crippen LogP contribution is -2.26. The van der Waals surface area contributed by atoms with Gasteiger partial charge >= 0.3 is 6.18 Å². The van der Waals surface area contributed by atoms with Crippen molar-refractivity contribution >= 4 is 15.7 Å². The lowest BCUT2D eigenvalue weighted by molar-refractivity contribution is -0.137. The molecule has 0 radical (unpaired) electrons. The van der Waals surface area contributed by atoms with Crippen LogP contribution in [0.2, 0.25) is 0 Å². The third-order valence-electron chi connectivity index (χ3n) is 4.14. The molecule has 1 aliphatic rings. The molecule has 4 nitrogen and oxygen atoms in total. The van der Waals surface area contributed by atoms with Gasteiger partial charge < -0.3 is 5.73 Å². The zero-order valence-electron chi connectivity index (χ0n) is 13.4. The van der Waals surface area contributed by atoms with Crippen molar-refractivity contribution in [3.63, 3.8) is 0 Å². The molecule has 8 heteroatoms. The highest BCUT2D eigenvalue weighted by molar-refractivity contribution is 7.89. The van der Waals surface area contributed by atoms with Gasteiger partial charge in [0.15, 0.2) is 0 Å². The Morgan fingerprint density at radius 2 is 1.96 bits per heavy atom. The standard InChI is InChI=1S/C16H21F3N2O2S/c1-11-14(20)9-13(16(17,18)19)10-15(11)24(22,23)21-8-7-12-5-3-2-4-6-12/h5,9-10,21H,2-4,6-8,20H2,1H3. The Balaban J connectivity index is 2.19. The number of halogens is 3. The normalized spacial score (nSPS) is 16.1. The molecule has 134 valence electrons. The average Bonchev–Trinajstić information content (AvgIpc) is 2.49. The monoisotopic (exact) mass is 362 g/mol. The van der Waals surface area contributed by atoms with Gasteiger partial charge in [-0.1, -0.05) is 11.6 Å². The summed E-state index contributed by atoms with van der Waals surface area (Å²) in [6, 6.07) is 1.38. The summed E-state index contributed by atoms with van der Waals surface area (Å²) in [7, 11) is -4.05. The van der Waals surface area contributed by atoms with E-state index in [0.717, 1.165) is 31.7 Å². The second kappa shape index (κ2) is 7.14. The van der Waals surface area contributed by atoms with Crippen molar-refractivity contribution in [1.29, 1.82) is 0 Å². The minimum absolute atomic E-state index is 0.118. The van der Waals surface area contributed by atoms with E-state index < -0.39 is 26.7 Å². The van der Waals surface area contributed by atoms with Crippen LogP contribution in [0.15, 0.2) is 28.7 Å². The summed E-state index contributed by atoms with van der Waals surface area (Å²) in [5, 5.41) is 0. The van der Waals surface area contributed by atoms with Crippen LogP contribution >= 0.6 is 0 Å². The van der Waals surface area contributed by atoms with E-state index in [9.17, 15) is 21.6 Å². The second-order valence-corrected chi connectivity index (χ2v) is 7.68. The summed E-state index contributed by atoms with van der Waals surface area (Å²) in [5.74, 6) is 0. The van der Waals surface area contributed by atoms with Crippen LogP contribution < -0.4 is 10.5 Å². The SMILES string of the molecule is Cc1c(N)cc(C(F)(F)F)cc1S(=O)(=O)NCCC1=CCCCC1. The molecule has 0 unspecified atom stereocenters. The Morgan fingerprint density at radius 3 is 2.54 bits per heavy atom. The zero-order chi connectivity index (χ0) is 18.0. The molecule has 0 amide bonds. The van der Waals surface area contributed by atoms with E-state index in [1.165, 1.54) is 12.5 Å². The predicted octanol–water partition coefficient (Wildman–Crippen LogP) is 3.76. The molecule has 0 spiro atoms. The maximum Gasteiger partial charge on any atom is 0.416 e. The van der Waals surface area contributed by atoms with Crippen LogP contribution in [0.25, 0.3) is 0 Å². The van der Waals surface area contributed by atoms with Crippen molar-refractivity contribution in [2.45, 2.75) is 50.1 Å². The van der Waals surface area contributed by atoms with Crippen LogP contribution in [-0.2, 0) is 16.2 Å². The first-order valence-electron chi connectivity index (χ1n) is 7.76. The average molecular weight is 362 g/mol. The van der Waals surface area contributed by atoms with Crippen molar-refractivity contribution < 1.29 is 21.6 Å². The predicted molar refractivity (Wildman–Crippen MR) is 86.9 cm³/mol. The molecule has 0 fully saturated rings.